The molecule has 9 heteroatoms. The van der Waals surface area contributed by atoms with Gasteiger partial charge in [0.15, 0.2) is 0 Å². The van der Waals surface area contributed by atoms with Crippen LogP contribution in [0.1, 0.15) is 20.7 Å². The van der Waals surface area contributed by atoms with E-state index in [9.17, 15) is 9.59 Å². The van der Waals surface area contributed by atoms with Gasteiger partial charge in [0, 0.05) is 24.3 Å². The molecule has 0 aromatic heterocycles. The number of hydrogen-bond donors (Lipinski definition) is 0. The Morgan fingerprint density at radius 3 is 1.17 bits per heavy atom. The van der Waals surface area contributed by atoms with E-state index in [0.717, 1.165) is 0 Å². The van der Waals surface area contributed by atoms with Crippen LogP contribution in [0.2, 0.25) is 0 Å². The Kier molecular flexibility index (Phi) is 8.55. The van der Waals surface area contributed by atoms with Crippen LogP contribution in [0.4, 0.5) is 0 Å². The summed E-state index contributed by atoms with van der Waals surface area (Å²) >= 11 is 0. The highest BCUT2D eigenvalue weighted by atomic mass is 31.1. The molecule has 3 aromatic carbocycles. The standard InChI is InChI=1S/C26H27O8P/c1-29-16-12-19(31-3)23(20(13-16)32-4)25(27)35(18-10-8-7-9-11-18)26(28)24-21(33-5)14-17(30-2)15-22(24)34-6/h7-15H,1-6H3. The second kappa shape index (κ2) is 11.6. The summed E-state index contributed by atoms with van der Waals surface area (Å²) in [6, 6.07) is 15.2. The van der Waals surface area contributed by atoms with E-state index in [1.54, 1.807) is 48.5 Å². The first-order chi connectivity index (χ1) is 16.9. The van der Waals surface area contributed by atoms with E-state index in [1.165, 1.54) is 42.7 Å². The van der Waals surface area contributed by atoms with Crippen molar-refractivity contribution < 1.29 is 38.0 Å². The highest BCUT2D eigenvalue weighted by Crippen LogP contribution is 2.50. The molecule has 3 aromatic rings. The molecule has 0 bridgehead atoms. The summed E-state index contributed by atoms with van der Waals surface area (Å²) in [5, 5.41) is 0.553. The van der Waals surface area contributed by atoms with Crippen LogP contribution in [0.3, 0.4) is 0 Å². The maximum Gasteiger partial charge on any atom is 0.204 e. The zero-order valence-electron chi connectivity index (χ0n) is 20.4. The summed E-state index contributed by atoms with van der Waals surface area (Å²) in [4.78, 5) is 28.3. The summed E-state index contributed by atoms with van der Waals surface area (Å²) in [6.45, 7) is 0. The number of methoxy groups -OCH3 is 6. The predicted molar refractivity (Wildman–Crippen MR) is 134 cm³/mol. The minimum atomic E-state index is -2.13. The van der Waals surface area contributed by atoms with Crippen LogP contribution < -0.4 is 33.7 Å². The molecule has 8 nitrogen and oxygen atoms in total. The van der Waals surface area contributed by atoms with Gasteiger partial charge in [-0.25, -0.2) is 0 Å². The third kappa shape index (κ3) is 5.17. The van der Waals surface area contributed by atoms with Crippen LogP contribution in [-0.4, -0.2) is 53.7 Å². The van der Waals surface area contributed by atoms with Crippen LogP contribution in [-0.2, 0) is 0 Å². The smallest absolute Gasteiger partial charge is 0.204 e. The SMILES string of the molecule is COc1cc(OC)c(C(=O)P(C(=O)c2c(OC)cc(OC)cc2OC)c2ccccc2)c(OC)c1. The topological polar surface area (TPSA) is 89.5 Å². The Hall–Kier alpha value is -3.77. The maximum absolute atomic E-state index is 14.1. The molecule has 0 radical (unpaired) electrons. The van der Waals surface area contributed by atoms with Gasteiger partial charge in [-0.15, -0.1) is 0 Å². The molecular weight excluding hydrogens is 471 g/mol. The van der Waals surface area contributed by atoms with Crippen molar-refractivity contribution in [2.45, 2.75) is 0 Å². The molecule has 0 aliphatic carbocycles. The summed E-state index contributed by atoms with van der Waals surface area (Å²) in [6.07, 6.45) is 0. The Labute approximate surface area is 205 Å². The highest BCUT2D eigenvalue weighted by molar-refractivity contribution is 7.96. The van der Waals surface area contributed by atoms with Crippen LogP contribution in [0.5, 0.6) is 34.5 Å². The van der Waals surface area contributed by atoms with Crippen molar-refractivity contribution >= 4 is 24.3 Å². The van der Waals surface area contributed by atoms with Crippen LogP contribution >= 0.6 is 7.92 Å². The summed E-state index contributed by atoms with van der Waals surface area (Å²) < 4.78 is 32.6. The highest BCUT2D eigenvalue weighted by Gasteiger charge is 2.37. The molecule has 0 amide bonds. The molecule has 3 rings (SSSR count). The van der Waals surface area contributed by atoms with Gasteiger partial charge in [-0.2, -0.15) is 0 Å². The van der Waals surface area contributed by atoms with Crippen molar-refractivity contribution in [3.8, 4) is 34.5 Å². The van der Waals surface area contributed by atoms with Gasteiger partial charge in [-0.05, 0) is 5.30 Å². The van der Waals surface area contributed by atoms with Crippen LogP contribution in [0, 0.1) is 0 Å². The van der Waals surface area contributed by atoms with E-state index in [1.807, 2.05) is 6.07 Å². The van der Waals surface area contributed by atoms with Gasteiger partial charge in [0.05, 0.1) is 50.6 Å². The summed E-state index contributed by atoms with van der Waals surface area (Å²) in [5.41, 5.74) is -0.615. The van der Waals surface area contributed by atoms with Gasteiger partial charge in [-0.1, -0.05) is 30.3 Å². The first kappa shape index (κ1) is 25.8. The van der Waals surface area contributed by atoms with Gasteiger partial charge in [-0.3, -0.25) is 9.59 Å². The van der Waals surface area contributed by atoms with E-state index >= 15 is 0 Å². The fourth-order valence-electron chi connectivity index (χ4n) is 3.56. The van der Waals surface area contributed by atoms with Crippen LogP contribution in [0.15, 0.2) is 54.6 Å². The maximum atomic E-state index is 14.1. The second-order valence-electron chi connectivity index (χ2n) is 7.10. The van der Waals surface area contributed by atoms with Gasteiger partial charge in [0.25, 0.3) is 0 Å². The Balaban J connectivity index is 2.27. The molecule has 184 valence electrons. The zero-order chi connectivity index (χ0) is 25.5. The molecular formula is C26H27O8P. The predicted octanol–water partition coefficient (Wildman–Crippen LogP) is 4.53. The third-order valence-corrected chi connectivity index (χ3v) is 7.35. The molecule has 0 saturated carbocycles. The van der Waals surface area contributed by atoms with Gasteiger partial charge < -0.3 is 28.4 Å². The lowest BCUT2D eigenvalue weighted by Gasteiger charge is -2.21. The summed E-state index contributed by atoms with van der Waals surface area (Å²) in [7, 11) is 6.62. The Morgan fingerprint density at radius 2 is 0.886 bits per heavy atom. The van der Waals surface area contributed by atoms with Gasteiger partial charge >= 0.3 is 0 Å². The third-order valence-electron chi connectivity index (χ3n) is 5.28. The van der Waals surface area contributed by atoms with Crippen molar-refractivity contribution in [1.29, 1.82) is 0 Å². The molecule has 0 atom stereocenters. The van der Waals surface area contributed by atoms with Crippen molar-refractivity contribution in [1.82, 2.24) is 0 Å². The van der Waals surface area contributed by atoms with E-state index < -0.39 is 19.0 Å². The van der Waals surface area contributed by atoms with E-state index in [2.05, 4.69) is 0 Å². The van der Waals surface area contributed by atoms with E-state index in [0.29, 0.717) is 16.8 Å². The second-order valence-corrected chi connectivity index (χ2v) is 9.09. The number of rotatable bonds is 11. The average Bonchev–Trinajstić information content (AvgIpc) is 2.91. The lowest BCUT2D eigenvalue weighted by Crippen LogP contribution is -2.18. The number of benzene rings is 3. The number of hydrogen-bond acceptors (Lipinski definition) is 8. The molecule has 0 aliphatic heterocycles. The molecule has 0 spiro atoms. The molecule has 0 aliphatic rings. The molecule has 35 heavy (non-hydrogen) atoms. The first-order valence-electron chi connectivity index (χ1n) is 10.5. The van der Waals surface area contributed by atoms with Gasteiger partial charge in [0.2, 0.25) is 11.0 Å². The molecule has 0 N–H and O–H groups in total. The largest absolute Gasteiger partial charge is 0.496 e. The van der Waals surface area contributed by atoms with Crippen molar-refractivity contribution in [3.63, 3.8) is 0 Å². The monoisotopic (exact) mass is 498 g/mol. The molecule has 0 unspecified atom stereocenters. The fraction of sp³-hybridized carbons (Fsp3) is 0.231. The molecule has 0 saturated heterocycles. The lowest BCUT2D eigenvalue weighted by molar-refractivity contribution is 0.104. The Bertz CT molecular complexity index is 1080. The van der Waals surface area contributed by atoms with Crippen molar-refractivity contribution in [2.24, 2.45) is 0 Å². The molecule has 0 fully saturated rings. The first-order valence-corrected chi connectivity index (χ1v) is 11.8. The van der Waals surface area contributed by atoms with Crippen molar-refractivity contribution in [2.75, 3.05) is 42.7 Å². The zero-order valence-corrected chi connectivity index (χ0v) is 21.3. The minimum absolute atomic E-state index is 0.144. The Morgan fingerprint density at radius 1 is 0.543 bits per heavy atom. The summed E-state index contributed by atoms with van der Waals surface area (Å²) in [5.74, 6) is 1.83. The normalized spacial score (nSPS) is 10.5. The van der Waals surface area contributed by atoms with Crippen LogP contribution in [0.25, 0.3) is 0 Å². The lowest BCUT2D eigenvalue weighted by atomic mass is 10.1. The van der Waals surface area contributed by atoms with E-state index in [4.69, 9.17) is 28.4 Å². The quantitative estimate of drug-likeness (QED) is 0.357. The number of carbonyl (C=O) groups is 2. The van der Waals surface area contributed by atoms with Gasteiger partial charge in [0.1, 0.15) is 45.6 Å². The minimum Gasteiger partial charge on any atom is -0.496 e. The van der Waals surface area contributed by atoms with E-state index in [-0.39, 0.29) is 34.1 Å². The van der Waals surface area contributed by atoms with Crippen molar-refractivity contribution in [3.05, 3.63) is 65.7 Å². The fourth-order valence-corrected chi connectivity index (χ4v) is 5.57. The molecule has 0 heterocycles. The average molecular weight is 498 g/mol. The number of carbonyl (C=O) groups excluding carboxylic acids is 2. The number of ether oxygens (including phenoxy) is 6.